The zero-order chi connectivity index (χ0) is 11.7. The summed E-state index contributed by atoms with van der Waals surface area (Å²) >= 11 is 0. The van der Waals surface area contributed by atoms with E-state index in [0.29, 0.717) is 6.04 Å². The molecule has 2 N–H and O–H groups in total. The maximum atomic E-state index is 9.72. The molecule has 3 aliphatic carbocycles. The highest BCUT2D eigenvalue weighted by Gasteiger charge is 2.35. The predicted octanol–water partition coefficient (Wildman–Crippen LogP) is 2.85. The first-order valence-corrected chi connectivity index (χ1v) is 7.75. The van der Waals surface area contributed by atoms with Crippen molar-refractivity contribution >= 4 is 0 Å². The number of aliphatic hydroxyl groups is 1. The minimum atomic E-state index is -0.0379. The first-order valence-electron chi connectivity index (χ1n) is 7.75. The number of hydrogen-bond acceptors (Lipinski definition) is 2. The van der Waals surface area contributed by atoms with E-state index in [1.807, 2.05) is 0 Å². The van der Waals surface area contributed by atoms with Crippen LogP contribution in [0.5, 0.6) is 0 Å². The van der Waals surface area contributed by atoms with Crippen LogP contribution in [0.4, 0.5) is 0 Å². The summed E-state index contributed by atoms with van der Waals surface area (Å²) in [5.41, 5.74) is 0. The normalized spacial score (nSPS) is 43.6. The fraction of sp³-hybridized carbons (Fsp3) is 1.00. The fourth-order valence-corrected chi connectivity index (χ4v) is 4.02. The largest absolute Gasteiger partial charge is 0.393 e. The molecule has 0 heterocycles. The third-order valence-corrected chi connectivity index (χ3v) is 5.12. The van der Waals surface area contributed by atoms with Gasteiger partial charge in [-0.3, -0.25) is 0 Å². The van der Waals surface area contributed by atoms with Gasteiger partial charge >= 0.3 is 0 Å². The van der Waals surface area contributed by atoms with Gasteiger partial charge in [-0.25, -0.2) is 0 Å². The molecule has 3 saturated carbocycles. The van der Waals surface area contributed by atoms with Crippen LogP contribution in [0.1, 0.15) is 64.2 Å². The molecule has 0 aliphatic heterocycles. The number of nitrogens with one attached hydrogen (secondary N) is 1. The highest BCUT2D eigenvalue weighted by atomic mass is 16.3. The molecule has 3 aliphatic rings. The SMILES string of the molecule is OC1CCCC(NC2CCCC(C3CC3)C2)C1. The molecule has 0 bridgehead atoms. The van der Waals surface area contributed by atoms with Crippen LogP contribution in [0.25, 0.3) is 0 Å². The van der Waals surface area contributed by atoms with E-state index < -0.39 is 0 Å². The van der Waals surface area contributed by atoms with Crippen molar-refractivity contribution in [3.8, 4) is 0 Å². The molecule has 0 aromatic carbocycles. The Morgan fingerprint density at radius 1 is 0.706 bits per heavy atom. The van der Waals surface area contributed by atoms with Crippen LogP contribution in [0, 0.1) is 11.8 Å². The summed E-state index contributed by atoms with van der Waals surface area (Å²) in [7, 11) is 0. The van der Waals surface area contributed by atoms with Gasteiger partial charge < -0.3 is 10.4 Å². The number of hydrogen-bond donors (Lipinski definition) is 2. The Morgan fingerprint density at radius 2 is 1.41 bits per heavy atom. The molecule has 0 amide bonds. The van der Waals surface area contributed by atoms with Crippen molar-refractivity contribution in [1.29, 1.82) is 0 Å². The van der Waals surface area contributed by atoms with Crippen molar-refractivity contribution in [3.05, 3.63) is 0 Å². The molecule has 2 nitrogen and oxygen atoms in total. The molecule has 0 radical (unpaired) electrons. The summed E-state index contributed by atoms with van der Waals surface area (Å²) in [4.78, 5) is 0. The van der Waals surface area contributed by atoms with Crippen LogP contribution < -0.4 is 5.32 Å². The van der Waals surface area contributed by atoms with E-state index in [2.05, 4.69) is 5.32 Å². The first kappa shape index (κ1) is 12.0. The highest BCUT2D eigenvalue weighted by molar-refractivity contribution is 4.89. The Morgan fingerprint density at radius 3 is 2.12 bits per heavy atom. The summed E-state index contributed by atoms with van der Waals surface area (Å²) in [6, 6.07) is 1.35. The lowest BCUT2D eigenvalue weighted by atomic mass is 9.81. The average Bonchev–Trinajstić information content (AvgIpc) is 3.13. The second-order valence-electron chi connectivity index (χ2n) is 6.65. The first-order chi connectivity index (χ1) is 8.31. The lowest BCUT2D eigenvalue weighted by Crippen LogP contribution is -2.44. The van der Waals surface area contributed by atoms with Crippen LogP contribution in [0.3, 0.4) is 0 Å². The molecular formula is C15H27NO. The predicted molar refractivity (Wildman–Crippen MR) is 69.9 cm³/mol. The molecule has 0 spiro atoms. The molecule has 0 saturated heterocycles. The molecule has 4 atom stereocenters. The van der Waals surface area contributed by atoms with Gasteiger partial charge in [0.1, 0.15) is 0 Å². The number of rotatable bonds is 3. The molecule has 3 rings (SSSR count). The second kappa shape index (κ2) is 5.27. The van der Waals surface area contributed by atoms with Gasteiger partial charge in [0.15, 0.2) is 0 Å². The Balaban J connectivity index is 1.46. The Labute approximate surface area is 105 Å². The molecule has 17 heavy (non-hydrogen) atoms. The van der Waals surface area contributed by atoms with Crippen molar-refractivity contribution < 1.29 is 5.11 Å². The zero-order valence-electron chi connectivity index (χ0n) is 10.9. The van der Waals surface area contributed by atoms with Gasteiger partial charge in [-0.1, -0.05) is 12.8 Å². The van der Waals surface area contributed by atoms with E-state index in [4.69, 9.17) is 0 Å². The smallest absolute Gasteiger partial charge is 0.0555 e. The van der Waals surface area contributed by atoms with Crippen LogP contribution in [0.2, 0.25) is 0 Å². The van der Waals surface area contributed by atoms with Gasteiger partial charge in [-0.2, -0.15) is 0 Å². The van der Waals surface area contributed by atoms with Gasteiger partial charge in [-0.15, -0.1) is 0 Å². The van der Waals surface area contributed by atoms with Crippen LogP contribution >= 0.6 is 0 Å². The summed E-state index contributed by atoms with van der Waals surface area (Å²) in [5.74, 6) is 2.10. The topological polar surface area (TPSA) is 32.3 Å². The quantitative estimate of drug-likeness (QED) is 0.791. The van der Waals surface area contributed by atoms with E-state index in [1.165, 1.54) is 51.4 Å². The highest BCUT2D eigenvalue weighted by Crippen LogP contribution is 2.44. The van der Waals surface area contributed by atoms with Crippen LogP contribution in [0.15, 0.2) is 0 Å². The minimum Gasteiger partial charge on any atom is -0.393 e. The summed E-state index contributed by atoms with van der Waals surface area (Å²) in [6.45, 7) is 0. The Bertz CT molecular complexity index is 251. The van der Waals surface area contributed by atoms with E-state index in [-0.39, 0.29) is 6.10 Å². The summed E-state index contributed by atoms with van der Waals surface area (Å²) in [6.07, 6.45) is 13.2. The van der Waals surface area contributed by atoms with Gasteiger partial charge in [0, 0.05) is 12.1 Å². The fourth-order valence-electron chi connectivity index (χ4n) is 4.02. The molecule has 98 valence electrons. The van der Waals surface area contributed by atoms with E-state index in [1.54, 1.807) is 0 Å². The molecule has 3 fully saturated rings. The van der Waals surface area contributed by atoms with Gasteiger partial charge in [0.2, 0.25) is 0 Å². The third-order valence-electron chi connectivity index (χ3n) is 5.12. The molecule has 0 aromatic rings. The summed E-state index contributed by atoms with van der Waals surface area (Å²) < 4.78 is 0. The van der Waals surface area contributed by atoms with Crippen molar-refractivity contribution in [2.24, 2.45) is 11.8 Å². The van der Waals surface area contributed by atoms with Crippen molar-refractivity contribution in [1.82, 2.24) is 5.32 Å². The lowest BCUT2D eigenvalue weighted by Gasteiger charge is -2.35. The van der Waals surface area contributed by atoms with Gasteiger partial charge in [0.25, 0.3) is 0 Å². The van der Waals surface area contributed by atoms with Crippen molar-refractivity contribution in [2.75, 3.05) is 0 Å². The van der Waals surface area contributed by atoms with Crippen LogP contribution in [-0.2, 0) is 0 Å². The minimum absolute atomic E-state index is 0.0379. The van der Waals surface area contributed by atoms with Crippen molar-refractivity contribution in [2.45, 2.75) is 82.4 Å². The van der Waals surface area contributed by atoms with Crippen molar-refractivity contribution in [3.63, 3.8) is 0 Å². The van der Waals surface area contributed by atoms with E-state index in [0.717, 1.165) is 30.7 Å². The molecule has 2 heteroatoms. The monoisotopic (exact) mass is 237 g/mol. The average molecular weight is 237 g/mol. The summed E-state index contributed by atoms with van der Waals surface area (Å²) in [5, 5.41) is 13.6. The van der Waals surface area contributed by atoms with Crippen LogP contribution in [-0.4, -0.2) is 23.3 Å². The lowest BCUT2D eigenvalue weighted by molar-refractivity contribution is 0.104. The number of aliphatic hydroxyl groups excluding tert-OH is 1. The molecular weight excluding hydrogens is 210 g/mol. The van der Waals surface area contributed by atoms with E-state index >= 15 is 0 Å². The Kier molecular flexibility index (Phi) is 3.72. The maximum Gasteiger partial charge on any atom is 0.0555 e. The zero-order valence-corrected chi connectivity index (χ0v) is 10.9. The van der Waals surface area contributed by atoms with E-state index in [9.17, 15) is 5.11 Å². The van der Waals surface area contributed by atoms with Gasteiger partial charge in [0.05, 0.1) is 6.10 Å². The van der Waals surface area contributed by atoms with Gasteiger partial charge in [-0.05, 0) is 63.2 Å². The third kappa shape index (κ3) is 3.23. The Hall–Kier alpha value is -0.0800. The molecule has 0 aromatic heterocycles. The second-order valence-corrected chi connectivity index (χ2v) is 6.65. The maximum absolute atomic E-state index is 9.72. The molecule has 4 unspecified atom stereocenters. The standard InChI is InChI=1S/C15H27NO/c17-15-6-2-5-14(10-15)16-13-4-1-3-12(9-13)11-7-8-11/h11-17H,1-10H2.